The number of methoxy groups -OCH3 is 3. The molecule has 0 spiro atoms. The molecule has 4 aromatic rings. The van der Waals surface area contributed by atoms with Crippen LogP contribution in [0.1, 0.15) is 15.2 Å². The quantitative estimate of drug-likeness (QED) is 0.330. The number of nitrogens with zero attached hydrogens (tertiary/aromatic N) is 2. The van der Waals surface area contributed by atoms with E-state index in [4.69, 9.17) is 14.2 Å². The molecule has 0 aliphatic rings. The predicted molar refractivity (Wildman–Crippen MR) is 134 cm³/mol. The number of fused-ring (bicyclic) bond motifs is 1. The number of para-hydroxylation sites is 2. The Labute approximate surface area is 205 Å². The Hall–Kier alpha value is -3.90. The largest absolute Gasteiger partial charge is 0.497 e. The number of carbonyl (C=O) groups excluding carboxylic acids is 1. The number of sulfonamides is 1. The molecule has 0 saturated carbocycles. The van der Waals surface area contributed by atoms with E-state index in [1.54, 1.807) is 43.3 Å². The van der Waals surface area contributed by atoms with Gasteiger partial charge in [0.2, 0.25) is 0 Å². The number of esters is 1. The lowest BCUT2D eigenvalue weighted by molar-refractivity contribution is 0.0606. The zero-order valence-electron chi connectivity index (χ0n) is 19.3. The van der Waals surface area contributed by atoms with E-state index in [1.807, 2.05) is 6.07 Å². The molecule has 4 rings (SSSR count). The van der Waals surface area contributed by atoms with E-state index in [1.165, 1.54) is 27.4 Å². The van der Waals surface area contributed by atoms with Crippen molar-refractivity contribution in [2.24, 2.45) is 0 Å². The first-order chi connectivity index (χ1) is 16.7. The number of ether oxygens (including phenoxy) is 3. The fourth-order valence-corrected chi connectivity index (χ4v) is 5.91. The second-order valence-corrected chi connectivity index (χ2v) is 10.2. The van der Waals surface area contributed by atoms with Crippen molar-refractivity contribution in [1.29, 1.82) is 0 Å². The van der Waals surface area contributed by atoms with Crippen molar-refractivity contribution in [3.05, 3.63) is 59.0 Å². The van der Waals surface area contributed by atoms with Gasteiger partial charge in [0.25, 0.3) is 10.0 Å². The number of thiophene rings is 1. The Morgan fingerprint density at radius 2 is 1.51 bits per heavy atom. The number of rotatable bonds is 8. The molecule has 0 radical (unpaired) electrons. The van der Waals surface area contributed by atoms with Gasteiger partial charge in [-0.05, 0) is 30.7 Å². The van der Waals surface area contributed by atoms with Crippen molar-refractivity contribution in [3.8, 4) is 11.5 Å². The molecule has 0 aliphatic carbocycles. The van der Waals surface area contributed by atoms with Gasteiger partial charge in [0, 0.05) is 23.9 Å². The molecule has 10 nitrogen and oxygen atoms in total. The highest BCUT2D eigenvalue weighted by atomic mass is 32.2. The molecular formula is C23H22N4O6S2. The molecule has 2 N–H and O–H groups in total. The summed E-state index contributed by atoms with van der Waals surface area (Å²) in [5, 5.41) is 3.10. The van der Waals surface area contributed by atoms with Gasteiger partial charge >= 0.3 is 5.97 Å². The summed E-state index contributed by atoms with van der Waals surface area (Å²) >= 11 is 0.815. The van der Waals surface area contributed by atoms with E-state index in [0.29, 0.717) is 33.8 Å². The zero-order valence-corrected chi connectivity index (χ0v) is 20.9. The predicted octanol–water partition coefficient (Wildman–Crippen LogP) is 4.35. The maximum absolute atomic E-state index is 13.3. The van der Waals surface area contributed by atoms with Gasteiger partial charge in [-0.2, -0.15) is 0 Å². The molecule has 2 heterocycles. The minimum absolute atomic E-state index is 0.0158. The average Bonchev–Trinajstić information content (AvgIpc) is 3.26. The van der Waals surface area contributed by atoms with Gasteiger partial charge in [-0.1, -0.05) is 12.1 Å². The van der Waals surface area contributed by atoms with Crippen LogP contribution in [0.4, 0.5) is 17.3 Å². The molecule has 0 unspecified atom stereocenters. The molecule has 0 saturated heterocycles. The van der Waals surface area contributed by atoms with Crippen molar-refractivity contribution < 1.29 is 27.4 Å². The maximum atomic E-state index is 13.3. The number of nitrogens with one attached hydrogen (secondary N) is 2. The molecule has 12 heteroatoms. The lowest BCUT2D eigenvalue weighted by atomic mass is 10.2. The Morgan fingerprint density at radius 1 is 0.914 bits per heavy atom. The van der Waals surface area contributed by atoms with E-state index >= 15 is 0 Å². The summed E-state index contributed by atoms with van der Waals surface area (Å²) < 4.78 is 44.4. The minimum atomic E-state index is -4.11. The summed E-state index contributed by atoms with van der Waals surface area (Å²) in [7, 11) is 0.186. The first kappa shape index (κ1) is 24.2. The van der Waals surface area contributed by atoms with Crippen molar-refractivity contribution in [2.45, 2.75) is 11.1 Å². The van der Waals surface area contributed by atoms with Gasteiger partial charge in [-0.15, -0.1) is 11.3 Å². The number of aromatic nitrogens is 2. The van der Waals surface area contributed by atoms with Crippen LogP contribution in [0.15, 0.2) is 52.7 Å². The van der Waals surface area contributed by atoms with Gasteiger partial charge in [0.05, 0.1) is 32.4 Å². The molecule has 2 aromatic heterocycles. The first-order valence-corrected chi connectivity index (χ1v) is 12.5. The first-order valence-electron chi connectivity index (χ1n) is 10.2. The van der Waals surface area contributed by atoms with E-state index in [-0.39, 0.29) is 20.7 Å². The number of aryl methyl sites for hydroxylation is 1. The van der Waals surface area contributed by atoms with E-state index in [9.17, 15) is 13.2 Å². The van der Waals surface area contributed by atoms with Crippen molar-refractivity contribution in [1.82, 2.24) is 9.97 Å². The van der Waals surface area contributed by atoms with Crippen LogP contribution >= 0.6 is 11.3 Å². The fraction of sp³-hybridized carbons (Fsp3) is 0.174. The van der Waals surface area contributed by atoms with Gasteiger partial charge in [0.1, 0.15) is 20.6 Å². The van der Waals surface area contributed by atoms with Crippen LogP contribution in [0.5, 0.6) is 11.5 Å². The third kappa shape index (κ3) is 5.12. The van der Waals surface area contributed by atoms with Gasteiger partial charge < -0.3 is 19.5 Å². The smallest absolute Gasteiger partial charge is 0.348 e. The van der Waals surface area contributed by atoms with Crippen LogP contribution in [0, 0.1) is 6.92 Å². The minimum Gasteiger partial charge on any atom is -0.497 e. The maximum Gasteiger partial charge on any atom is 0.348 e. The molecule has 182 valence electrons. The number of hydrogen-bond acceptors (Lipinski definition) is 10. The number of carbonyl (C=O) groups is 1. The highest BCUT2D eigenvalue weighted by Gasteiger charge is 2.25. The van der Waals surface area contributed by atoms with Gasteiger partial charge in [-0.25, -0.2) is 23.2 Å². The molecule has 0 atom stereocenters. The second-order valence-electron chi connectivity index (χ2n) is 7.31. The molecule has 0 bridgehead atoms. The lowest BCUT2D eigenvalue weighted by Gasteiger charge is -2.15. The molecule has 0 amide bonds. The zero-order chi connectivity index (χ0) is 25.2. The summed E-state index contributed by atoms with van der Waals surface area (Å²) in [5.74, 6) is 0.613. The fourth-order valence-electron chi connectivity index (χ4n) is 3.28. The van der Waals surface area contributed by atoms with Crippen LogP contribution in [0.3, 0.4) is 0 Å². The number of benzene rings is 2. The molecule has 0 aliphatic heterocycles. The average molecular weight is 515 g/mol. The SMILES string of the molecule is COC(=O)c1cc(C)c(S(=O)(=O)Nc2nc3ccccc3nc2Nc2cc(OC)cc(OC)c2)s1. The normalized spacial score (nSPS) is 11.2. The number of anilines is 3. The summed E-state index contributed by atoms with van der Waals surface area (Å²) in [4.78, 5) is 21.1. The molecule has 35 heavy (non-hydrogen) atoms. The van der Waals surface area contributed by atoms with E-state index in [2.05, 4.69) is 20.0 Å². The monoisotopic (exact) mass is 514 g/mol. The second kappa shape index (κ2) is 9.76. The number of hydrogen-bond donors (Lipinski definition) is 2. The van der Waals surface area contributed by atoms with Crippen molar-refractivity contribution in [3.63, 3.8) is 0 Å². The van der Waals surface area contributed by atoms with Crippen molar-refractivity contribution >= 4 is 55.7 Å². The summed E-state index contributed by atoms with van der Waals surface area (Å²) in [5.41, 5.74) is 2.01. The summed E-state index contributed by atoms with van der Waals surface area (Å²) in [6, 6.07) is 13.7. The van der Waals surface area contributed by atoms with Gasteiger partial charge in [0.15, 0.2) is 11.6 Å². The highest BCUT2D eigenvalue weighted by Crippen LogP contribution is 2.33. The Kier molecular flexibility index (Phi) is 6.76. The van der Waals surface area contributed by atoms with Crippen LogP contribution in [0.25, 0.3) is 11.0 Å². The van der Waals surface area contributed by atoms with Crippen LogP contribution < -0.4 is 19.5 Å². The summed E-state index contributed by atoms with van der Waals surface area (Å²) in [6.07, 6.45) is 0. The van der Waals surface area contributed by atoms with E-state index < -0.39 is 16.0 Å². The Bertz CT molecular complexity index is 1500. The van der Waals surface area contributed by atoms with Crippen molar-refractivity contribution in [2.75, 3.05) is 31.4 Å². The van der Waals surface area contributed by atoms with Crippen LogP contribution in [0.2, 0.25) is 0 Å². The van der Waals surface area contributed by atoms with Crippen LogP contribution in [-0.4, -0.2) is 45.7 Å². The third-order valence-corrected chi connectivity index (χ3v) is 8.11. The lowest BCUT2D eigenvalue weighted by Crippen LogP contribution is -2.15. The standard InChI is InChI=1S/C23H22N4O6S2/c1-13-9-19(22(28)33-4)34-23(13)35(29,30)27-21-20(25-17-7-5-6-8-18(17)26-21)24-14-10-15(31-2)12-16(11-14)32-3/h5-12H,1-4H3,(H,24,25)(H,26,27). The molecular weight excluding hydrogens is 492 g/mol. The van der Waals surface area contributed by atoms with E-state index in [0.717, 1.165) is 11.3 Å². The third-order valence-electron chi connectivity index (χ3n) is 4.92. The Balaban J connectivity index is 1.78. The molecule has 0 fully saturated rings. The molecule has 2 aromatic carbocycles. The van der Waals surface area contributed by atoms with Crippen LogP contribution in [-0.2, 0) is 14.8 Å². The Morgan fingerprint density at radius 3 is 2.09 bits per heavy atom. The topological polar surface area (TPSA) is 129 Å². The highest BCUT2D eigenvalue weighted by molar-refractivity contribution is 7.94. The summed E-state index contributed by atoms with van der Waals surface area (Å²) in [6.45, 7) is 1.60. The van der Waals surface area contributed by atoms with Gasteiger partial charge in [-0.3, -0.25) is 4.72 Å².